The van der Waals surface area contributed by atoms with Gasteiger partial charge in [0.05, 0.1) is 29.5 Å². The smallest absolute Gasteiger partial charge is 0.256 e. The van der Waals surface area contributed by atoms with Crippen LogP contribution in [-0.2, 0) is 17.1 Å². The molecule has 0 bridgehead atoms. The molecule has 8 heteroatoms. The molecule has 0 saturated heterocycles. The van der Waals surface area contributed by atoms with Crippen molar-refractivity contribution in [3.63, 3.8) is 0 Å². The van der Waals surface area contributed by atoms with Crippen LogP contribution in [0, 0.1) is 5.82 Å². The van der Waals surface area contributed by atoms with Gasteiger partial charge in [-0.1, -0.05) is 17.7 Å². The first kappa shape index (κ1) is 20.7. The number of fused-ring (bicyclic) bond motifs is 2. The van der Waals surface area contributed by atoms with Gasteiger partial charge in [-0.3, -0.25) is 9.59 Å². The molecule has 2 heterocycles. The standard InChI is InChI=1S/C22H20Cl2FN3O2/c1-12-17-3-2-15(24)6-13(17)4-5-28(12)21(29)11-26-20-8-14-7-16(10-23)27-22(30)18(14)9-19(20)25/h2-3,6-9,12,26H,4-5,10-11H2,1H3,(H,27,30)/t12-/m0/s1. The second-order valence-electron chi connectivity index (χ2n) is 7.39. The molecule has 0 spiro atoms. The monoisotopic (exact) mass is 447 g/mol. The van der Waals surface area contributed by atoms with Crippen molar-refractivity contribution in [2.45, 2.75) is 25.3 Å². The van der Waals surface area contributed by atoms with Crippen molar-refractivity contribution in [2.75, 3.05) is 18.4 Å². The van der Waals surface area contributed by atoms with Gasteiger partial charge in [0.25, 0.3) is 5.56 Å². The molecular formula is C22H20Cl2FN3O2. The minimum absolute atomic E-state index is 0.0543. The fourth-order valence-corrected chi connectivity index (χ4v) is 4.30. The molecule has 4 rings (SSSR count). The number of pyridine rings is 1. The lowest BCUT2D eigenvalue weighted by Crippen LogP contribution is -2.41. The van der Waals surface area contributed by atoms with E-state index in [9.17, 15) is 14.0 Å². The highest BCUT2D eigenvalue weighted by molar-refractivity contribution is 6.30. The van der Waals surface area contributed by atoms with Crippen LogP contribution in [0.1, 0.15) is 29.8 Å². The molecule has 2 aromatic carbocycles. The van der Waals surface area contributed by atoms with Crippen LogP contribution in [0.15, 0.2) is 41.2 Å². The van der Waals surface area contributed by atoms with Crippen LogP contribution < -0.4 is 10.9 Å². The summed E-state index contributed by atoms with van der Waals surface area (Å²) in [5.74, 6) is -0.579. The Morgan fingerprint density at radius 1 is 1.30 bits per heavy atom. The van der Waals surface area contributed by atoms with Crippen LogP contribution in [-0.4, -0.2) is 28.9 Å². The number of amides is 1. The Bertz CT molecular complexity index is 1190. The number of halogens is 3. The number of benzene rings is 2. The van der Waals surface area contributed by atoms with E-state index in [-0.39, 0.29) is 35.4 Å². The van der Waals surface area contributed by atoms with Gasteiger partial charge >= 0.3 is 0 Å². The quantitative estimate of drug-likeness (QED) is 0.573. The summed E-state index contributed by atoms with van der Waals surface area (Å²) in [6.45, 7) is 2.49. The highest BCUT2D eigenvalue weighted by Crippen LogP contribution is 2.31. The van der Waals surface area contributed by atoms with E-state index < -0.39 is 11.4 Å². The predicted molar refractivity (Wildman–Crippen MR) is 118 cm³/mol. The Labute approximate surface area is 182 Å². The number of anilines is 1. The number of hydrogen-bond acceptors (Lipinski definition) is 3. The van der Waals surface area contributed by atoms with Crippen molar-refractivity contribution in [1.82, 2.24) is 9.88 Å². The van der Waals surface area contributed by atoms with Crippen molar-refractivity contribution in [1.29, 1.82) is 0 Å². The Kier molecular flexibility index (Phi) is 5.71. The van der Waals surface area contributed by atoms with Gasteiger partial charge in [-0.25, -0.2) is 4.39 Å². The molecule has 1 aliphatic heterocycles. The lowest BCUT2D eigenvalue weighted by molar-refractivity contribution is -0.131. The molecule has 3 aromatic rings. The van der Waals surface area contributed by atoms with E-state index in [1.165, 1.54) is 12.1 Å². The molecule has 0 saturated carbocycles. The van der Waals surface area contributed by atoms with Crippen molar-refractivity contribution >= 4 is 45.6 Å². The summed E-state index contributed by atoms with van der Waals surface area (Å²) < 4.78 is 14.5. The molecule has 0 fully saturated rings. The van der Waals surface area contributed by atoms with Crippen molar-refractivity contribution in [3.05, 3.63) is 74.4 Å². The molecule has 1 aliphatic rings. The highest BCUT2D eigenvalue weighted by Gasteiger charge is 2.27. The zero-order valence-corrected chi connectivity index (χ0v) is 17.8. The van der Waals surface area contributed by atoms with Gasteiger partial charge in [0.1, 0.15) is 5.82 Å². The van der Waals surface area contributed by atoms with E-state index >= 15 is 0 Å². The van der Waals surface area contributed by atoms with Gasteiger partial charge in [-0.15, -0.1) is 11.6 Å². The number of nitrogens with one attached hydrogen (secondary N) is 2. The third kappa shape index (κ3) is 3.89. The molecule has 0 radical (unpaired) electrons. The van der Waals surface area contributed by atoms with Gasteiger partial charge in [0.2, 0.25) is 5.91 Å². The van der Waals surface area contributed by atoms with Crippen LogP contribution in [0.2, 0.25) is 5.02 Å². The first-order valence-electron chi connectivity index (χ1n) is 9.60. The zero-order chi connectivity index (χ0) is 21.4. The number of nitrogens with zero attached hydrogens (tertiary/aromatic N) is 1. The molecule has 30 heavy (non-hydrogen) atoms. The number of carbonyl (C=O) groups excluding carboxylic acids is 1. The normalized spacial score (nSPS) is 15.9. The molecule has 156 valence electrons. The third-order valence-electron chi connectivity index (χ3n) is 5.53. The van der Waals surface area contributed by atoms with Gasteiger partial charge in [-0.05, 0) is 60.2 Å². The largest absolute Gasteiger partial charge is 0.374 e. The minimum atomic E-state index is -0.592. The highest BCUT2D eigenvalue weighted by atomic mass is 35.5. The average molecular weight is 448 g/mol. The number of aromatic nitrogens is 1. The van der Waals surface area contributed by atoms with Gasteiger partial charge in [-0.2, -0.15) is 0 Å². The van der Waals surface area contributed by atoms with Crippen molar-refractivity contribution in [2.24, 2.45) is 0 Å². The van der Waals surface area contributed by atoms with Crippen LogP contribution in [0.5, 0.6) is 0 Å². The summed E-state index contributed by atoms with van der Waals surface area (Å²) in [5, 5.41) is 4.36. The number of alkyl halides is 1. The second kappa shape index (κ2) is 8.28. The van der Waals surface area contributed by atoms with Crippen LogP contribution in [0.4, 0.5) is 10.1 Å². The zero-order valence-electron chi connectivity index (χ0n) is 16.3. The SMILES string of the molecule is C[C@H]1c2ccc(Cl)cc2CCN1C(=O)CNc1cc2cc(CCl)[nH]c(=O)c2cc1F. The van der Waals surface area contributed by atoms with Crippen LogP contribution in [0.25, 0.3) is 10.8 Å². The number of aromatic amines is 1. The molecule has 0 aliphatic carbocycles. The van der Waals surface area contributed by atoms with Gasteiger partial charge in [0, 0.05) is 17.3 Å². The number of H-pyrrole nitrogens is 1. The molecule has 1 amide bonds. The fraction of sp³-hybridized carbons (Fsp3) is 0.273. The summed E-state index contributed by atoms with van der Waals surface area (Å²) in [6.07, 6.45) is 0.723. The first-order chi connectivity index (χ1) is 14.4. The Balaban J connectivity index is 1.52. The number of rotatable bonds is 4. The summed E-state index contributed by atoms with van der Waals surface area (Å²) in [7, 11) is 0. The molecule has 2 N–H and O–H groups in total. The van der Waals surface area contributed by atoms with Gasteiger partial charge < -0.3 is 15.2 Å². The van der Waals surface area contributed by atoms with E-state index in [4.69, 9.17) is 23.2 Å². The second-order valence-corrected chi connectivity index (χ2v) is 8.09. The fourth-order valence-electron chi connectivity index (χ4n) is 3.96. The van der Waals surface area contributed by atoms with Crippen LogP contribution in [0.3, 0.4) is 0 Å². The summed E-state index contributed by atoms with van der Waals surface area (Å²) in [4.78, 5) is 29.3. The molecule has 1 aromatic heterocycles. The number of hydrogen-bond donors (Lipinski definition) is 2. The molecular weight excluding hydrogens is 428 g/mol. The molecule has 1 atom stereocenters. The summed E-state index contributed by atoms with van der Waals surface area (Å²) >= 11 is 11.9. The maximum absolute atomic E-state index is 14.5. The minimum Gasteiger partial charge on any atom is -0.374 e. The maximum atomic E-state index is 14.5. The van der Waals surface area contributed by atoms with Crippen LogP contribution >= 0.6 is 23.2 Å². The van der Waals surface area contributed by atoms with Crippen molar-refractivity contribution in [3.8, 4) is 0 Å². The maximum Gasteiger partial charge on any atom is 0.256 e. The first-order valence-corrected chi connectivity index (χ1v) is 10.5. The van der Waals surface area contributed by atoms with E-state index in [0.29, 0.717) is 22.6 Å². The summed E-state index contributed by atoms with van der Waals surface area (Å²) in [6, 6.07) is 10.0. The van der Waals surface area contributed by atoms with E-state index in [0.717, 1.165) is 17.5 Å². The topological polar surface area (TPSA) is 65.2 Å². The van der Waals surface area contributed by atoms with E-state index in [2.05, 4.69) is 10.3 Å². The Morgan fingerprint density at radius 2 is 2.10 bits per heavy atom. The third-order valence-corrected chi connectivity index (χ3v) is 6.05. The Hall–Kier alpha value is -2.57. The Morgan fingerprint density at radius 3 is 2.87 bits per heavy atom. The molecule has 0 unspecified atom stereocenters. The lowest BCUT2D eigenvalue weighted by Gasteiger charge is -2.35. The lowest BCUT2D eigenvalue weighted by atomic mass is 9.93. The predicted octanol–water partition coefficient (Wildman–Crippen LogP) is 4.62. The average Bonchev–Trinajstić information content (AvgIpc) is 2.72. The summed E-state index contributed by atoms with van der Waals surface area (Å²) in [5.41, 5.74) is 2.53. The van der Waals surface area contributed by atoms with Crippen molar-refractivity contribution < 1.29 is 9.18 Å². The van der Waals surface area contributed by atoms with Gasteiger partial charge in [0.15, 0.2) is 0 Å². The molecule has 5 nitrogen and oxygen atoms in total. The van der Waals surface area contributed by atoms with E-state index in [1.807, 2.05) is 25.1 Å². The number of carbonyl (C=O) groups is 1. The van der Waals surface area contributed by atoms with E-state index in [1.54, 1.807) is 11.0 Å².